The van der Waals surface area contributed by atoms with Crippen LogP contribution in [0.5, 0.6) is 0 Å². The number of nitrogens with one attached hydrogen (secondary N) is 1. The van der Waals surface area contributed by atoms with E-state index in [1.807, 2.05) is 0 Å². The van der Waals surface area contributed by atoms with Crippen molar-refractivity contribution in [2.24, 2.45) is 0 Å². The van der Waals surface area contributed by atoms with Crippen LogP contribution < -0.4 is 11.1 Å². The Morgan fingerprint density at radius 1 is 1.15 bits per heavy atom. The minimum absolute atomic E-state index is 0.0524. The SMILES string of the molecule is Nc1ccc(F)c(F)c1NC(=O)c1cc(Br)ccc1Br. The standard InChI is InChI=1S/C13H8Br2F2N2O/c14-6-1-2-8(15)7(5-6)13(20)19-12-10(18)4-3-9(16)11(12)17/h1-5H,18H2,(H,19,20). The fourth-order valence-corrected chi connectivity index (χ4v) is 2.33. The molecule has 0 spiro atoms. The van der Waals surface area contributed by atoms with E-state index < -0.39 is 17.5 Å². The largest absolute Gasteiger partial charge is 0.397 e. The average molecular weight is 406 g/mol. The summed E-state index contributed by atoms with van der Waals surface area (Å²) in [7, 11) is 0. The molecule has 20 heavy (non-hydrogen) atoms. The third kappa shape index (κ3) is 2.99. The summed E-state index contributed by atoms with van der Waals surface area (Å²) in [6, 6.07) is 7.02. The van der Waals surface area contributed by atoms with Gasteiger partial charge in [-0.25, -0.2) is 8.78 Å². The summed E-state index contributed by atoms with van der Waals surface area (Å²) in [6.07, 6.45) is 0. The van der Waals surface area contributed by atoms with Gasteiger partial charge in [0.25, 0.3) is 5.91 Å². The van der Waals surface area contributed by atoms with Crippen molar-refractivity contribution in [3.05, 3.63) is 56.5 Å². The number of amides is 1. The number of nitrogens with two attached hydrogens (primary N) is 1. The molecule has 1 amide bonds. The van der Waals surface area contributed by atoms with Gasteiger partial charge in [-0.05, 0) is 46.3 Å². The van der Waals surface area contributed by atoms with E-state index in [1.165, 1.54) is 6.07 Å². The molecule has 0 unspecified atom stereocenters. The van der Waals surface area contributed by atoms with E-state index in [1.54, 1.807) is 18.2 Å². The first-order valence-electron chi connectivity index (χ1n) is 5.40. The Morgan fingerprint density at radius 3 is 2.55 bits per heavy atom. The van der Waals surface area contributed by atoms with Crippen LogP contribution in [0.25, 0.3) is 0 Å². The van der Waals surface area contributed by atoms with E-state index >= 15 is 0 Å². The van der Waals surface area contributed by atoms with Crippen molar-refractivity contribution < 1.29 is 13.6 Å². The molecule has 0 saturated carbocycles. The van der Waals surface area contributed by atoms with Crippen LogP contribution >= 0.6 is 31.9 Å². The summed E-state index contributed by atoms with van der Waals surface area (Å²) >= 11 is 6.45. The molecule has 0 aliphatic carbocycles. The normalized spacial score (nSPS) is 10.4. The van der Waals surface area contributed by atoms with Gasteiger partial charge in [0.2, 0.25) is 0 Å². The number of benzene rings is 2. The third-order valence-electron chi connectivity index (χ3n) is 2.54. The Hall–Kier alpha value is -1.47. The second kappa shape index (κ2) is 5.88. The van der Waals surface area contributed by atoms with Crippen LogP contribution in [0.2, 0.25) is 0 Å². The molecule has 0 aromatic heterocycles. The smallest absolute Gasteiger partial charge is 0.256 e. The van der Waals surface area contributed by atoms with Gasteiger partial charge < -0.3 is 11.1 Å². The van der Waals surface area contributed by atoms with Crippen molar-refractivity contribution in [1.29, 1.82) is 0 Å². The van der Waals surface area contributed by atoms with Gasteiger partial charge in [0.1, 0.15) is 5.69 Å². The first-order valence-corrected chi connectivity index (χ1v) is 6.98. The third-order valence-corrected chi connectivity index (χ3v) is 3.72. The zero-order chi connectivity index (χ0) is 14.9. The Balaban J connectivity index is 2.38. The average Bonchev–Trinajstić information content (AvgIpc) is 2.41. The van der Waals surface area contributed by atoms with Crippen LogP contribution in [0, 0.1) is 11.6 Å². The Bertz CT molecular complexity index is 692. The van der Waals surface area contributed by atoms with Crippen LogP contribution in [0.1, 0.15) is 10.4 Å². The van der Waals surface area contributed by atoms with E-state index in [0.29, 0.717) is 8.95 Å². The first-order chi connectivity index (χ1) is 9.40. The van der Waals surface area contributed by atoms with Gasteiger partial charge in [-0.3, -0.25) is 4.79 Å². The van der Waals surface area contributed by atoms with E-state index in [-0.39, 0.29) is 16.9 Å². The highest BCUT2D eigenvalue weighted by atomic mass is 79.9. The van der Waals surface area contributed by atoms with Crippen molar-refractivity contribution in [1.82, 2.24) is 0 Å². The van der Waals surface area contributed by atoms with Crippen LogP contribution in [0.3, 0.4) is 0 Å². The van der Waals surface area contributed by atoms with Crippen molar-refractivity contribution in [3.8, 4) is 0 Å². The minimum Gasteiger partial charge on any atom is -0.397 e. The van der Waals surface area contributed by atoms with Gasteiger partial charge in [0.15, 0.2) is 11.6 Å². The Labute approximate surface area is 130 Å². The number of rotatable bonds is 2. The molecule has 3 N–H and O–H groups in total. The van der Waals surface area contributed by atoms with Crippen LogP contribution in [0.4, 0.5) is 20.2 Å². The van der Waals surface area contributed by atoms with Gasteiger partial charge >= 0.3 is 0 Å². The molecular formula is C13H8Br2F2N2O. The quantitative estimate of drug-likeness (QED) is 0.731. The molecule has 0 saturated heterocycles. The van der Waals surface area contributed by atoms with Gasteiger partial charge in [0, 0.05) is 8.95 Å². The number of nitrogen functional groups attached to an aromatic ring is 1. The maximum atomic E-state index is 13.6. The van der Waals surface area contributed by atoms with E-state index in [9.17, 15) is 13.6 Å². The second-order valence-electron chi connectivity index (χ2n) is 3.90. The number of anilines is 2. The van der Waals surface area contributed by atoms with Gasteiger partial charge in [0.05, 0.1) is 11.3 Å². The first kappa shape index (κ1) is 14.9. The predicted octanol–water partition coefficient (Wildman–Crippen LogP) is 4.32. The minimum atomic E-state index is -1.19. The van der Waals surface area contributed by atoms with E-state index in [4.69, 9.17) is 5.73 Å². The lowest BCUT2D eigenvalue weighted by Crippen LogP contribution is -2.15. The van der Waals surface area contributed by atoms with Crippen LogP contribution in [0.15, 0.2) is 39.3 Å². The maximum absolute atomic E-state index is 13.6. The number of halogens is 4. The number of hydrogen-bond acceptors (Lipinski definition) is 2. The maximum Gasteiger partial charge on any atom is 0.256 e. The highest BCUT2D eigenvalue weighted by Crippen LogP contribution is 2.27. The van der Waals surface area contributed by atoms with E-state index in [2.05, 4.69) is 37.2 Å². The highest BCUT2D eigenvalue weighted by molar-refractivity contribution is 9.11. The summed E-state index contributed by atoms with van der Waals surface area (Å²) in [5.74, 6) is -2.87. The molecule has 0 aliphatic rings. The molecular weight excluding hydrogens is 398 g/mol. The summed E-state index contributed by atoms with van der Waals surface area (Å²) in [5, 5.41) is 2.27. The van der Waals surface area contributed by atoms with Crippen LogP contribution in [-0.2, 0) is 0 Å². The summed E-state index contributed by atoms with van der Waals surface area (Å²) in [5.41, 5.74) is 5.38. The molecule has 2 rings (SSSR count). The molecule has 0 bridgehead atoms. The number of hydrogen-bond donors (Lipinski definition) is 2. The number of carbonyl (C=O) groups is 1. The van der Waals surface area contributed by atoms with Crippen molar-refractivity contribution in [3.63, 3.8) is 0 Å². The monoisotopic (exact) mass is 404 g/mol. The lowest BCUT2D eigenvalue weighted by atomic mass is 10.2. The fourth-order valence-electron chi connectivity index (χ4n) is 1.54. The van der Waals surface area contributed by atoms with Gasteiger partial charge in [-0.15, -0.1) is 0 Å². The van der Waals surface area contributed by atoms with Gasteiger partial charge in [-0.2, -0.15) is 0 Å². The fraction of sp³-hybridized carbons (Fsp3) is 0. The van der Waals surface area contributed by atoms with Gasteiger partial charge in [-0.1, -0.05) is 15.9 Å². The molecule has 7 heteroatoms. The van der Waals surface area contributed by atoms with Crippen LogP contribution in [-0.4, -0.2) is 5.91 Å². The topological polar surface area (TPSA) is 55.1 Å². The molecule has 104 valence electrons. The van der Waals surface area contributed by atoms with E-state index in [0.717, 1.165) is 6.07 Å². The highest BCUT2D eigenvalue weighted by Gasteiger charge is 2.17. The molecule has 3 nitrogen and oxygen atoms in total. The second-order valence-corrected chi connectivity index (χ2v) is 5.67. The zero-order valence-corrected chi connectivity index (χ0v) is 13.1. The lowest BCUT2D eigenvalue weighted by Gasteiger charge is -2.11. The Kier molecular flexibility index (Phi) is 4.39. The molecule has 2 aromatic carbocycles. The van der Waals surface area contributed by atoms with Crippen molar-refractivity contribution >= 4 is 49.1 Å². The zero-order valence-electron chi connectivity index (χ0n) is 9.88. The number of carbonyl (C=O) groups excluding carboxylic acids is 1. The molecule has 0 atom stereocenters. The molecule has 2 aromatic rings. The summed E-state index contributed by atoms with van der Waals surface area (Å²) < 4.78 is 28.0. The summed E-state index contributed by atoms with van der Waals surface area (Å²) in [6.45, 7) is 0. The molecule has 0 radical (unpaired) electrons. The predicted molar refractivity (Wildman–Crippen MR) is 80.6 cm³/mol. The van der Waals surface area contributed by atoms with Crippen molar-refractivity contribution in [2.75, 3.05) is 11.1 Å². The molecule has 0 heterocycles. The molecule has 0 fully saturated rings. The summed E-state index contributed by atoms with van der Waals surface area (Å²) in [4.78, 5) is 12.1. The molecule has 0 aliphatic heterocycles. The lowest BCUT2D eigenvalue weighted by molar-refractivity contribution is 0.102. The van der Waals surface area contributed by atoms with Crippen molar-refractivity contribution in [2.45, 2.75) is 0 Å². The Morgan fingerprint density at radius 2 is 1.85 bits per heavy atom.